The van der Waals surface area contributed by atoms with E-state index in [9.17, 15) is 14.4 Å². The summed E-state index contributed by atoms with van der Waals surface area (Å²) in [5.74, 6) is -2.98. The van der Waals surface area contributed by atoms with Crippen molar-refractivity contribution in [2.24, 2.45) is 5.41 Å². The lowest BCUT2D eigenvalue weighted by atomic mass is 9.55. The van der Waals surface area contributed by atoms with E-state index in [1.165, 1.54) is 13.8 Å². The number of esters is 2. The monoisotopic (exact) mass is 438 g/mol. The van der Waals surface area contributed by atoms with E-state index in [1.807, 2.05) is 0 Å². The van der Waals surface area contributed by atoms with Crippen molar-refractivity contribution in [1.29, 1.82) is 0 Å². The normalized spacial score (nSPS) is 23.9. The minimum Gasteiger partial charge on any atom is -0.497 e. The topological polar surface area (TPSA) is 88.1 Å². The van der Waals surface area contributed by atoms with Gasteiger partial charge in [0.25, 0.3) is 5.79 Å². The summed E-state index contributed by atoms with van der Waals surface area (Å²) >= 11 is 0. The quantitative estimate of drug-likeness (QED) is 0.531. The molecule has 2 unspecified atom stereocenters. The van der Waals surface area contributed by atoms with Crippen LogP contribution in [-0.4, -0.2) is 37.7 Å². The number of ether oxygens (including phenoxy) is 4. The van der Waals surface area contributed by atoms with E-state index in [-0.39, 0.29) is 18.6 Å². The van der Waals surface area contributed by atoms with Gasteiger partial charge in [0.15, 0.2) is 5.41 Å². The second kappa shape index (κ2) is 7.97. The molecule has 0 amide bonds. The van der Waals surface area contributed by atoms with Crippen molar-refractivity contribution < 1.29 is 33.3 Å². The Morgan fingerprint density at radius 2 is 1.09 bits per heavy atom. The summed E-state index contributed by atoms with van der Waals surface area (Å²) in [6.07, 6.45) is 0.0627. The molecule has 1 aliphatic carbocycles. The summed E-state index contributed by atoms with van der Waals surface area (Å²) in [6.45, 7) is 3.04. The van der Waals surface area contributed by atoms with Crippen LogP contribution in [0, 0.1) is 5.41 Å². The molecule has 7 heteroatoms. The molecule has 1 heterocycles. The average molecular weight is 438 g/mol. The zero-order valence-electron chi connectivity index (χ0n) is 18.5. The van der Waals surface area contributed by atoms with Crippen molar-refractivity contribution in [1.82, 2.24) is 0 Å². The third-order valence-corrected chi connectivity index (χ3v) is 6.35. The maximum Gasteiger partial charge on any atom is 0.328 e. The number of carbonyl (C=O) groups excluding carboxylic acids is 3. The van der Waals surface area contributed by atoms with E-state index in [0.717, 1.165) is 0 Å². The van der Waals surface area contributed by atoms with Gasteiger partial charge in [0.2, 0.25) is 0 Å². The average Bonchev–Trinajstić information content (AvgIpc) is 2.77. The van der Waals surface area contributed by atoms with Crippen LogP contribution in [0.25, 0.3) is 0 Å². The largest absolute Gasteiger partial charge is 0.497 e. The number of ketones is 1. The van der Waals surface area contributed by atoms with Crippen LogP contribution in [0.3, 0.4) is 0 Å². The van der Waals surface area contributed by atoms with Crippen molar-refractivity contribution in [3.05, 3.63) is 59.7 Å². The summed E-state index contributed by atoms with van der Waals surface area (Å²) in [5, 5.41) is 0. The third kappa shape index (κ3) is 3.51. The third-order valence-electron chi connectivity index (χ3n) is 6.35. The lowest BCUT2D eigenvalue weighted by Crippen LogP contribution is -2.61. The fraction of sp³-hybridized carbons (Fsp3) is 0.400. The maximum absolute atomic E-state index is 13.6. The first-order valence-corrected chi connectivity index (χ1v) is 10.5. The smallest absolute Gasteiger partial charge is 0.328 e. The molecule has 1 saturated heterocycles. The molecule has 32 heavy (non-hydrogen) atoms. The van der Waals surface area contributed by atoms with Gasteiger partial charge in [-0.15, -0.1) is 0 Å². The zero-order chi connectivity index (χ0) is 23.1. The molecule has 1 aliphatic heterocycles. The van der Waals surface area contributed by atoms with Gasteiger partial charge >= 0.3 is 11.9 Å². The Morgan fingerprint density at radius 3 is 1.44 bits per heavy atom. The van der Waals surface area contributed by atoms with Crippen molar-refractivity contribution >= 4 is 17.7 Å². The van der Waals surface area contributed by atoms with Crippen molar-refractivity contribution in [3.63, 3.8) is 0 Å². The van der Waals surface area contributed by atoms with Crippen molar-refractivity contribution in [2.45, 2.75) is 44.3 Å². The van der Waals surface area contributed by atoms with E-state index >= 15 is 0 Å². The molecule has 2 fully saturated rings. The highest BCUT2D eigenvalue weighted by Crippen LogP contribution is 2.58. The maximum atomic E-state index is 13.6. The second-order valence-corrected chi connectivity index (χ2v) is 8.65. The lowest BCUT2D eigenvalue weighted by Gasteiger charge is -2.49. The van der Waals surface area contributed by atoms with Crippen LogP contribution in [-0.2, 0) is 23.9 Å². The van der Waals surface area contributed by atoms with E-state index in [2.05, 4.69) is 0 Å². The Hall–Kier alpha value is -3.35. The summed E-state index contributed by atoms with van der Waals surface area (Å²) in [6, 6.07) is 14.1. The number of hydrogen-bond acceptors (Lipinski definition) is 7. The number of methoxy groups -OCH3 is 2. The molecule has 2 atom stereocenters. The Balaban J connectivity index is 1.90. The Morgan fingerprint density at radius 1 is 0.719 bits per heavy atom. The number of benzene rings is 2. The highest BCUT2D eigenvalue weighted by atomic mass is 16.7. The van der Waals surface area contributed by atoms with Gasteiger partial charge in [-0.05, 0) is 35.4 Å². The number of carbonyl (C=O) groups is 3. The minimum atomic E-state index is -1.69. The van der Waals surface area contributed by atoms with Crippen LogP contribution in [0.2, 0.25) is 0 Å². The first kappa shape index (κ1) is 21.9. The molecular weight excluding hydrogens is 412 g/mol. The Labute approximate surface area is 186 Å². The van der Waals surface area contributed by atoms with Gasteiger partial charge in [0, 0.05) is 38.5 Å². The lowest BCUT2D eigenvalue weighted by molar-refractivity contribution is -0.256. The second-order valence-electron chi connectivity index (χ2n) is 8.65. The summed E-state index contributed by atoms with van der Waals surface area (Å²) < 4.78 is 21.7. The minimum absolute atomic E-state index is 0.0314. The molecule has 2 aromatic rings. The SMILES string of the molecule is COc1ccc(C2CC(=O)CC(c3ccc(OC)cc3)C23C(=O)OC(C)(C)OC3=O)cc1. The molecule has 2 aromatic carbocycles. The molecule has 0 N–H and O–H groups in total. The molecule has 0 bridgehead atoms. The molecule has 4 rings (SSSR count). The molecule has 0 aromatic heterocycles. The van der Waals surface area contributed by atoms with Crippen LogP contribution < -0.4 is 9.47 Å². The van der Waals surface area contributed by atoms with Crippen LogP contribution in [0.5, 0.6) is 11.5 Å². The predicted octanol–water partition coefficient (Wildman–Crippen LogP) is 3.76. The number of Topliss-reactive ketones (excluding diaryl/α,β-unsaturated/α-hetero) is 1. The van der Waals surface area contributed by atoms with Gasteiger partial charge in [-0.3, -0.25) is 14.4 Å². The van der Waals surface area contributed by atoms with Gasteiger partial charge in [0.1, 0.15) is 17.3 Å². The Kier molecular flexibility index (Phi) is 5.44. The first-order chi connectivity index (χ1) is 15.2. The van der Waals surface area contributed by atoms with E-state index < -0.39 is 35.0 Å². The van der Waals surface area contributed by atoms with E-state index in [1.54, 1.807) is 62.8 Å². The van der Waals surface area contributed by atoms with Gasteiger partial charge in [-0.2, -0.15) is 0 Å². The fourth-order valence-electron chi connectivity index (χ4n) is 4.83. The number of rotatable bonds is 4. The van der Waals surface area contributed by atoms with Gasteiger partial charge in [-0.1, -0.05) is 24.3 Å². The van der Waals surface area contributed by atoms with Gasteiger partial charge in [-0.25, -0.2) is 0 Å². The van der Waals surface area contributed by atoms with Gasteiger partial charge < -0.3 is 18.9 Å². The first-order valence-electron chi connectivity index (χ1n) is 10.5. The van der Waals surface area contributed by atoms with Gasteiger partial charge in [0.05, 0.1) is 14.2 Å². The van der Waals surface area contributed by atoms with E-state index in [0.29, 0.717) is 22.6 Å². The van der Waals surface area contributed by atoms with Crippen molar-refractivity contribution in [2.75, 3.05) is 14.2 Å². The number of hydrogen-bond donors (Lipinski definition) is 0. The van der Waals surface area contributed by atoms with Crippen LogP contribution >= 0.6 is 0 Å². The molecule has 7 nitrogen and oxygen atoms in total. The zero-order valence-corrected chi connectivity index (χ0v) is 18.5. The molecular formula is C25H26O7. The highest BCUT2D eigenvalue weighted by Gasteiger charge is 2.67. The highest BCUT2D eigenvalue weighted by molar-refractivity contribution is 6.06. The number of cyclic esters (lactones) is 2. The Bertz CT molecular complexity index is 955. The molecule has 1 spiro atoms. The fourth-order valence-corrected chi connectivity index (χ4v) is 4.83. The van der Waals surface area contributed by atoms with Crippen LogP contribution in [0.1, 0.15) is 49.7 Å². The standard InChI is InChI=1S/C25H26O7/c1-24(2)31-22(27)25(23(28)32-24)20(15-5-9-18(29-3)10-6-15)13-17(26)14-21(25)16-7-11-19(30-4)12-8-16/h5-12,20-21H,13-14H2,1-4H3. The summed E-state index contributed by atoms with van der Waals surface area (Å²) in [5.41, 5.74) is -0.344. The van der Waals surface area contributed by atoms with Crippen molar-refractivity contribution in [3.8, 4) is 11.5 Å². The molecule has 0 radical (unpaired) electrons. The molecule has 1 saturated carbocycles. The predicted molar refractivity (Wildman–Crippen MR) is 114 cm³/mol. The van der Waals surface area contributed by atoms with E-state index in [4.69, 9.17) is 18.9 Å². The summed E-state index contributed by atoms with van der Waals surface area (Å²) in [7, 11) is 3.11. The summed E-state index contributed by atoms with van der Waals surface area (Å²) in [4.78, 5) is 40.2. The molecule has 168 valence electrons. The van der Waals surface area contributed by atoms with Crippen LogP contribution in [0.4, 0.5) is 0 Å². The van der Waals surface area contributed by atoms with Crippen LogP contribution in [0.15, 0.2) is 48.5 Å². The molecule has 2 aliphatic rings.